The Balaban J connectivity index is 3.15. The summed E-state index contributed by atoms with van der Waals surface area (Å²) in [6.45, 7) is 3.81. The Morgan fingerprint density at radius 2 is 2.23 bits per heavy atom. The van der Waals surface area contributed by atoms with Crippen molar-refractivity contribution < 1.29 is 0 Å². The molecule has 0 heterocycles. The number of rotatable bonds is 1. The minimum atomic E-state index is 0.670. The van der Waals surface area contributed by atoms with E-state index in [2.05, 4.69) is 27.0 Å². The van der Waals surface area contributed by atoms with Crippen LogP contribution in [0, 0.1) is 18.3 Å². The molecular weight excluding hydrogens is 228 g/mol. The van der Waals surface area contributed by atoms with Gasteiger partial charge in [-0.1, -0.05) is 0 Å². The number of hydrogen-bond acceptors (Lipinski definition) is 2. The summed E-state index contributed by atoms with van der Waals surface area (Å²) >= 11 is 3.27. The number of benzene rings is 1. The quantitative estimate of drug-likeness (QED) is 0.690. The van der Waals surface area contributed by atoms with Gasteiger partial charge in [-0.15, -0.1) is 0 Å². The summed E-state index contributed by atoms with van der Waals surface area (Å²) in [6.07, 6.45) is 0. The molecule has 0 atom stereocenters. The van der Waals surface area contributed by atoms with E-state index >= 15 is 0 Å². The third-order valence-electron chi connectivity index (χ3n) is 1.60. The van der Waals surface area contributed by atoms with Crippen molar-refractivity contribution in [3.05, 3.63) is 29.3 Å². The van der Waals surface area contributed by atoms with Crippen LogP contribution < -0.4 is 0 Å². The first kappa shape index (κ1) is 9.94. The molecule has 0 saturated carbocycles. The highest BCUT2D eigenvalue weighted by atomic mass is 79.9. The van der Waals surface area contributed by atoms with Gasteiger partial charge in [0.2, 0.25) is 0 Å². The Hall–Kier alpha value is -1.14. The van der Waals surface area contributed by atoms with Crippen LogP contribution in [-0.4, -0.2) is 4.62 Å². The summed E-state index contributed by atoms with van der Waals surface area (Å²) in [5.41, 5.74) is 2.58. The van der Waals surface area contributed by atoms with E-state index in [0.29, 0.717) is 5.56 Å². The summed E-state index contributed by atoms with van der Waals surface area (Å²) in [4.78, 5) is 4.26. The Labute approximate surface area is 86.0 Å². The summed E-state index contributed by atoms with van der Waals surface area (Å²) < 4.78 is 0.834. The number of aryl methyl sites for hydroxylation is 1. The molecule has 0 aliphatic heterocycles. The lowest BCUT2D eigenvalue weighted by molar-refractivity contribution is 1.37. The maximum atomic E-state index is 8.64. The zero-order valence-corrected chi connectivity index (χ0v) is 9.09. The fraction of sp³-hybridized carbons (Fsp3) is 0.200. The maximum absolute atomic E-state index is 8.64. The molecule has 0 fully saturated rings. The van der Waals surface area contributed by atoms with Crippen molar-refractivity contribution in [2.24, 2.45) is 4.99 Å². The normalized spacial score (nSPS) is 11.1. The van der Waals surface area contributed by atoms with Gasteiger partial charge in [-0.2, -0.15) is 5.26 Å². The molecule has 0 radical (unpaired) electrons. The number of halogens is 1. The molecule has 0 amide bonds. The standard InChI is InChI=1S/C10H9BrN2/c1-7-5-9(6-12)3-4-10(7)13-8(2)11/h3-5H,1-2H3. The molecule has 0 saturated heterocycles. The molecule has 13 heavy (non-hydrogen) atoms. The third kappa shape index (κ3) is 2.67. The molecule has 0 aliphatic carbocycles. The first-order valence-electron chi connectivity index (χ1n) is 3.85. The zero-order chi connectivity index (χ0) is 9.84. The van der Waals surface area contributed by atoms with Crippen LogP contribution in [0.5, 0.6) is 0 Å². The first-order valence-corrected chi connectivity index (χ1v) is 4.64. The van der Waals surface area contributed by atoms with Gasteiger partial charge in [0, 0.05) is 0 Å². The van der Waals surface area contributed by atoms with Gasteiger partial charge in [-0.05, 0) is 53.5 Å². The smallest absolute Gasteiger partial charge is 0.0991 e. The minimum Gasteiger partial charge on any atom is -0.246 e. The summed E-state index contributed by atoms with van der Waals surface area (Å²) in [5, 5.41) is 8.64. The van der Waals surface area contributed by atoms with Crippen molar-refractivity contribution in [3.63, 3.8) is 0 Å². The van der Waals surface area contributed by atoms with Crippen molar-refractivity contribution in [2.75, 3.05) is 0 Å². The predicted molar refractivity (Wildman–Crippen MR) is 57.6 cm³/mol. The third-order valence-corrected chi connectivity index (χ3v) is 1.78. The Morgan fingerprint density at radius 3 is 2.69 bits per heavy atom. The predicted octanol–water partition coefficient (Wildman–Crippen LogP) is 3.31. The van der Waals surface area contributed by atoms with E-state index in [1.54, 1.807) is 6.07 Å². The monoisotopic (exact) mass is 236 g/mol. The van der Waals surface area contributed by atoms with Crippen LogP contribution in [0.3, 0.4) is 0 Å². The lowest BCUT2D eigenvalue weighted by Crippen LogP contribution is -1.80. The van der Waals surface area contributed by atoms with Crippen LogP contribution in [0.4, 0.5) is 5.69 Å². The number of hydrogen-bond donors (Lipinski definition) is 0. The molecule has 3 heteroatoms. The molecule has 1 aromatic carbocycles. The van der Waals surface area contributed by atoms with E-state index < -0.39 is 0 Å². The molecule has 0 N–H and O–H groups in total. The van der Waals surface area contributed by atoms with Crippen molar-refractivity contribution >= 4 is 26.2 Å². The molecule has 1 aromatic rings. The highest BCUT2D eigenvalue weighted by Gasteiger charge is 1.97. The van der Waals surface area contributed by atoms with E-state index in [1.807, 2.05) is 26.0 Å². The molecule has 0 aliphatic rings. The van der Waals surface area contributed by atoms with Crippen molar-refractivity contribution in [3.8, 4) is 6.07 Å². The molecule has 0 unspecified atom stereocenters. The van der Waals surface area contributed by atoms with Crippen LogP contribution in [0.25, 0.3) is 0 Å². The van der Waals surface area contributed by atoms with Gasteiger partial charge in [0.15, 0.2) is 0 Å². The highest BCUT2D eigenvalue weighted by molar-refractivity contribution is 9.18. The second-order valence-corrected chi connectivity index (χ2v) is 3.87. The largest absolute Gasteiger partial charge is 0.246 e. The molecule has 0 aromatic heterocycles. The fourth-order valence-electron chi connectivity index (χ4n) is 1.02. The number of nitrogens with zero attached hydrogens (tertiary/aromatic N) is 2. The van der Waals surface area contributed by atoms with E-state index in [0.717, 1.165) is 15.9 Å². The second-order valence-electron chi connectivity index (χ2n) is 2.72. The Kier molecular flexibility index (Phi) is 3.21. The van der Waals surface area contributed by atoms with Gasteiger partial charge in [-0.25, -0.2) is 4.99 Å². The molecule has 66 valence electrons. The van der Waals surface area contributed by atoms with Crippen LogP contribution >= 0.6 is 15.9 Å². The lowest BCUT2D eigenvalue weighted by Gasteiger charge is -1.99. The van der Waals surface area contributed by atoms with Crippen molar-refractivity contribution in [1.82, 2.24) is 0 Å². The highest BCUT2D eigenvalue weighted by Crippen LogP contribution is 2.20. The fourth-order valence-corrected chi connectivity index (χ4v) is 1.21. The van der Waals surface area contributed by atoms with Crippen LogP contribution in [0.1, 0.15) is 18.1 Å². The van der Waals surface area contributed by atoms with Gasteiger partial charge in [0.1, 0.15) is 0 Å². The molecule has 0 bridgehead atoms. The number of aliphatic imine (C=N–C) groups is 1. The van der Waals surface area contributed by atoms with Gasteiger partial charge in [0.25, 0.3) is 0 Å². The van der Waals surface area contributed by atoms with Crippen LogP contribution in [0.2, 0.25) is 0 Å². The molecule has 1 rings (SSSR count). The average Bonchev–Trinajstić information content (AvgIpc) is 2.08. The SMILES string of the molecule is CC(Br)=Nc1ccc(C#N)cc1C. The maximum Gasteiger partial charge on any atom is 0.0991 e. The second kappa shape index (κ2) is 4.20. The topological polar surface area (TPSA) is 36.1 Å². The van der Waals surface area contributed by atoms with Crippen LogP contribution in [-0.2, 0) is 0 Å². The van der Waals surface area contributed by atoms with E-state index in [-0.39, 0.29) is 0 Å². The zero-order valence-electron chi connectivity index (χ0n) is 7.50. The Bertz CT molecular complexity index is 384. The van der Waals surface area contributed by atoms with E-state index in [1.165, 1.54) is 0 Å². The van der Waals surface area contributed by atoms with Gasteiger partial charge in [-0.3, -0.25) is 0 Å². The minimum absolute atomic E-state index is 0.670. The summed E-state index contributed by atoms with van der Waals surface area (Å²) in [5.74, 6) is 0. The average molecular weight is 237 g/mol. The summed E-state index contributed by atoms with van der Waals surface area (Å²) in [7, 11) is 0. The molecular formula is C10H9BrN2. The van der Waals surface area contributed by atoms with Crippen molar-refractivity contribution in [1.29, 1.82) is 5.26 Å². The Morgan fingerprint density at radius 1 is 1.54 bits per heavy atom. The number of nitriles is 1. The van der Waals surface area contributed by atoms with E-state index in [9.17, 15) is 0 Å². The lowest BCUT2D eigenvalue weighted by atomic mass is 10.1. The summed E-state index contributed by atoms with van der Waals surface area (Å²) in [6, 6.07) is 7.53. The van der Waals surface area contributed by atoms with Crippen molar-refractivity contribution in [2.45, 2.75) is 13.8 Å². The van der Waals surface area contributed by atoms with Crippen LogP contribution in [0.15, 0.2) is 23.2 Å². The molecule has 0 spiro atoms. The van der Waals surface area contributed by atoms with Gasteiger partial charge >= 0.3 is 0 Å². The van der Waals surface area contributed by atoms with E-state index in [4.69, 9.17) is 5.26 Å². The first-order chi connectivity index (χ1) is 6.13. The van der Waals surface area contributed by atoms with Gasteiger partial charge < -0.3 is 0 Å². The molecule has 2 nitrogen and oxygen atoms in total. The van der Waals surface area contributed by atoms with Gasteiger partial charge in [0.05, 0.1) is 21.9 Å².